The molecule has 2 aromatic carbocycles. The molecule has 23 heavy (non-hydrogen) atoms. The molecule has 1 atom stereocenters. The lowest BCUT2D eigenvalue weighted by Gasteiger charge is -2.17. The Hall–Kier alpha value is -2.69. The highest BCUT2D eigenvalue weighted by molar-refractivity contribution is 5.98. The summed E-state index contributed by atoms with van der Waals surface area (Å²) in [5, 5.41) is 2.69. The number of carbonyl (C=O) groups is 2. The minimum absolute atomic E-state index is 0.0342. The molecule has 0 radical (unpaired) electrons. The number of carbonyl (C=O) groups excluding carboxylic acids is 2. The van der Waals surface area contributed by atoms with Crippen molar-refractivity contribution in [2.75, 3.05) is 5.32 Å². The van der Waals surface area contributed by atoms with Crippen molar-refractivity contribution in [3.05, 3.63) is 59.9 Å². The molecule has 1 amide bonds. The molecule has 0 fully saturated rings. The lowest BCUT2D eigenvalue weighted by Crippen LogP contribution is -2.32. The van der Waals surface area contributed by atoms with Crippen molar-refractivity contribution < 1.29 is 18.7 Å². The molecule has 0 aliphatic carbocycles. The van der Waals surface area contributed by atoms with Crippen molar-refractivity contribution in [2.24, 2.45) is 0 Å². The van der Waals surface area contributed by atoms with Crippen molar-refractivity contribution in [3.8, 4) is 5.75 Å². The minimum Gasteiger partial charge on any atom is -0.478 e. The van der Waals surface area contributed by atoms with Gasteiger partial charge in [-0.15, -0.1) is 0 Å². The monoisotopic (exact) mass is 315 g/mol. The highest BCUT2D eigenvalue weighted by atomic mass is 19.1. The van der Waals surface area contributed by atoms with E-state index in [0.29, 0.717) is 17.7 Å². The van der Waals surface area contributed by atoms with Gasteiger partial charge in [-0.1, -0.05) is 31.2 Å². The maximum atomic E-state index is 13.6. The molecule has 2 rings (SSSR count). The third kappa shape index (κ3) is 4.39. The van der Waals surface area contributed by atoms with Gasteiger partial charge in [-0.3, -0.25) is 9.59 Å². The Labute approximate surface area is 134 Å². The molecule has 0 saturated heterocycles. The van der Waals surface area contributed by atoms with Crippen LogP contribution in [0, 0.1) is 5.82 Å². The molecular weight excluding hydrogens is 297 g/mol. The van der Waals surface area contributed by atoms with Crippen LogP contribution in [0.1, 0.15) is 30.6 Å². The van der Waals surface area contributed by atoms with Gasteiger partial charge in [0.15, 0.2) is 23.5 Å². The molecular formula is C18H18FNO3. The van der Waals surface area contributed by atoms with Gasteiger partial charge < -0.3 is 10.1 Å². The number of Topliss-reactive ketones (excluding diaryl/α,β-unsaturated/α-hetero) is 1. The summed E-state index contributed by atoms with van der Waals surface area (Å²) in [4.78, 5) is 23.7. The number of anilines is 1. The number of hydrogen-bond donors (Lipinski definition) is 1. The third-order valence-electron chi connectivity index (χ3n) is 3.31. The van der Waals surface area contributed by atoms with E-state index in [9.17, 15) is 14.0 Å². The lowest BCUT2D eigenvalue weighted by atomic mass is 10.1. The van der Waals surface area contributed by atoms with Crippen LogP contribution in [0.3, 0.4) is 0 Å². The van der Waals surface area contributed by atoms with Crippen molar-refractivity contribution in [1.82, 2.24) is 0 Å². The second-order valence-electron chi connectivity index (χ2n) is 5.07. The predicted molar refractivity (Wildman–Crippen MR) is 86.2 cm³/mol. The Morgan fingerprint density at radius 2 is 1.91 bits per heavy atom. The van der Waals surface area contributed by atoms with E-state index in [-0.39, 0.29) is 11.5 Å². The summed E-state index contributed by atoms with van der Waals surface area (Å²) < 4.78 is 19.1. The van der Waals surface area contributed by atoms with E-state index >= 15 is 0 Å². The number of ketones is 1. The molecule has 0 aliphatic rings. The van der Waals surface area contributed by atoms with Crippen molar-refractivity contribution in [3.63, 3.8) is 0 Å². The number of hydrogen-bond acceptors (Lipinski definition) is 3. The molecule has 120 valence electrons. The van der Waals surface area contributed by atoms with Gasteiger partial charge in [0.2, 0.25) is 0 Å². The van der Waals surface area contributed by atoms with E-state index in [4.69, 9.17) is 4.74 Å². The van der Waals surface area contributed by atoms with E-state index in [1.165, 1.54) is 19.1 Å². The third-order valence-corrected chi connectivity index (χ3v) is 3.31. The van der Waals surface area contributed by atoms with Crippen LogP contribution >= 0.6 is 0 Å². The van der Waals surface area contributed by atoms with Crippen LogP contribution in [0.25, 0.3) is 0 Å². The zero-order chi connectivity index (χ0) is 16.8. The summed E-state index contributed by atoms with van der Waals surface area (Å²) >= 11 is 0. The van der Waals surface area contributed by atoms with Gasteiger partial charge in [0.1, 0.15) is 0 Å². The molecule has 0 heterocycles. The second-order valence-corrected chi connectivity index (χ2v) is 5.07. The summed E-state index contributed by atoms with van der Waals surface area (Å²) in [6.07, 6.45) is -0.445. The number of para-hydroxylation sites is 1. The van der Waals surface area contributed by atoms with Crippen LogP contribution in [0.5, 0.6) is 5.75 Å². The first-order chi connectivity index (χ1) is 11.0. The number of halogens is 1. The number of amides is 1. The molecule has 0 saturated carbocycles. The molecule has 0 unspecified atom stereocenters. The topological polar surface area (TPSA) is 55.4 Å². The summed E-state index contributed by atoms with van der Waals surface area (Å²) in [7, 11) is 0. The van der Waals surface area contributed by atoms with Crippen LogP contribution < -0.4 is 10.1 Å². The van der Waals surface area contributed by atoms with Crippen molar-refractivity contribution >= 4 is 17.4 Å². The fourth-order valence-electron chi connectivity index (χ4n) is 2.05. The Morgan fingerprint density at radius 1 is 1.17 bits per heavy atom. The second kappa shape index (κ2) is 7.54. The average Bonchev–Trinajstić information content (AvgIpc) is 2.54. The van der Waals surface area contributed by atoms with Gasteiger partial charge in [0.05, 0.1) is 0 Å². The number of nitrogens with one attached hydrogen (secondary N) is 1. The summed E-state index contributed by atoms with van der Waals surface area (Å²) in [6.45, 7) is 3.23. The molecule has 0 spiro atoms. The maximum absolute atomic E-state index is 13.6. The maximum Gasteiger partial charge on any atom is 0.265 e. The van der Waals surface area contributed by atoms with Crippen LogP contribution in [0.2, 0.25) is 0 Å². The van der Waals surface area contributed by atoms with Crippen LogP contribution in [-0.4, -0.2) is 17.8 Å². The van der Waals surface area contributed by atoms with E-state index in [0.717, 1.165) is 0 Å². The summed E-state index contributed by atoms with van der Waals surface area (Å²) in [5.41, 5.74) is 1.00. The van der Waals surface area contributed by atoms with E-state index in [1.807, 2.05) is 0 Å². The average molecular weight is 315 g/mol. The van der Waals surface area contributed by atoms with Crippen molar-refractivity contribution in [1.29, 1.82) is 0 Å². The summed E-state index contributed by atoms with van der Waals surface area (Å²) in [6, 6.07) is 12.6. The first-order valence-corrected chi connectivity index (χ1v) is 7.34. The molecule has 0 aromatic heterocycles. The fourth-order valence-corrected chi connectivity index (χ4v) is 2.05. The molecule has 1 N–H and O–H groups in total. The lowest BCUT2D eigenvalue weighted by molar-refractivity contribution is -0.122. The van der Waals surface area contributed by atoms with E-state index in [1.54, 1.807) is 43.3 Å². The van der Waals surface area contributed by atoms with Gasteiger partial charge in [0, 0.05) is 11.3 Å². The fraction of sp³-hybridized carbons (Fsp3) is 0.222. The van der Waals surface area contributed by atoms with Gasteiger partial charge in [-0.05, 0) is 37.6 Å². The number of ether oxygens (including phenoxy) is 1. The first kappa shape index (κ1) is 16.7. The van der Waals surface area contributed by atoms with Gasteiger partial charge in [-0.2, -0.15) is 0 Å². The summed E-state index contributed by atoms with van der Waals surface area (Å²) in [5.74, 6) is -0.962. The Kier molecular flexibility index (Phi) is 5.46. The molecule has 2 aromatic rings. The van der Waals surface area contributed by atoms with Gasteiger partial charge in [-0.25, -0.2) is 4.39 Å². The van der Waals surface area contributed by atoms with E-state index in [2.05, 4.69) is 5.32 Å². The van der Waals surface area contributed by atoms with Crippen LogP contribution in [0.4, 0.5) is 10.1 Å². The molecule has 5 heteroatoms. The number of benzene rings is 2. The van der Waals surface area contributed by atoms with Crippen LogP contribution in [-0.2, 0) is 4.79 Å². The van der Waals surface area contributed by atoms with Crippen LogP contribution in [0.15, 0.2) is 48.5 Å². The Balaban J connectivity index is 2.10. The molecule has 4 nitrogen and oxygen atoms in total. The largest absolute Gasteiger partial charge is 0.478 e. The molecule has 0 bridgehead atoms. The van der Waals surface area contributed by atoms with E-state index < -0.39 is 17.8 Å². The standard InChI is InChI=1S/C18H18FNO3/c1-3-16(23-17-10-5-4-9-15(17)19)18(22)20-14-8-6-7-13(11-14)12(2)21/h4-11,16H,3H2,1-2H3,(H,20,22)/t16-/m1/s1. The predicted octanol–water partition coefficient (Wildman–Crippen LogP) is 3.82. The molecule has 0 aliphatic heterocycles. The quantitative estimate of drug-likeness (QED) is 0.824. The highest BCUT2D eigenvalue weighted by Crippen LogP contribution is 2.19. The Bertz CT molecular complexity index is 715. The number of rotatable bonds is 6. The van der Waals surface area contributed by atoms with Gasteiger partial charge in [0.25, 0.3) is 5.91 Å². The first-order valence-electron chi connectivity index (χ1n) is 7.34. The zero-order valence-corrected chi connectivity index (χ0v) is 13.0. The zero-order valence-electron chi connectivity index (χ0n) is 13.0. The van der Waals surface area contributed by atoms with Gasteiger partial charge >= 0.3 is 0 Å². The minimum atomic E-state index is -0.826. The highest BCUT2D eigenvalue weighted by Gasteiger charge is 2.20. The Morgan fingerprint density at radius 3 is 2.57 bits per heavy atom. The normalized spacial score (nSPS) is 11.6. The SMILES string of the molecule is CC[C@@H](Oc1ccccc1F)C(=O)Nc1cccc(C(C)=O)c1. The smallest absolute Gasteiger partial charge is 0.265 e. The van der Waals surface area contributed by atoms with Crippen molar-refractivity contribution in [2.45, 2.75) is 26.4 Å².